The molecule has 0 fully saturated rings. The quantitative estimate of drug-likeness (QED) is 0.607. The topological polar surface area (TPSA) is 52.6 Å². The molecule has 0 aliphatic carbocycles. The minimum absolute atomic E-state index is 0.154. The molecule has 2 aromatic rings. The summed E-state index contributed by atoms with van der Waals surface area (Å²) in [6.45, 7) is 1.58. The van der Waals surface area contributed by atoms with Crippen molar-refractivity contribution in [1.29, 1.82) is 0 Å². The van der Waals surface area contributed by atoms with Crippen LogP contribution in [0, 0.1) is 0 Å². The molecule has 0 N–H and O–H groups in total. The van der Waals surface area contributed by atoms with Gasteiger partial charge in [-0.3, -0.25) is 9.59 Å². The van der Waals surface area contributed by atoms with E-state index in [1.165, 1.54) is 0 Å². The fourth-order valence-corrected chi connectivity index (χ4v) is 2.04. The van der Waals surface area contributed by atoms with Crippen molar-refractivity contribution in [3.63, 3.8) is 0 Å². The summed E-state index contributed by atoms with van der Waals surface area (Å²) in [5.74, 6) is 0.0231. The van der Waals surface area contributed by atoms with Gasteiger partial charge in [-0.1, -0.05) is 30.3 Å². The molecule has 0 saturated carbocycles. The van der Waals surface area contributed by atoms with Gasteiger partial charge in [0.05, 0.1) is 13.5 Å². The second-order valence-corrected chi connectivity index (χ2v) is 4.89. The summed E-state index contributed by atoms with van der Waals surface area (Å²) in [5, 5.41) is 0. The highest BCUT2D eigenvalue weighted by Gasteiger charge is 2.19. The highest BCUT2D eigenvalue weighted by molar-refractivity contribution is 6.00. The number of hydrogen-bond donors (Lipinski definition) is 0. The largest absolute Gasteiger partial charge is 0.497 e. The van der Waals surface area contributed by atoms with Gasteiger partial charge in [-0.15, -0.1) is 0 Å². The lowest BCUT2D eigenvalue weighted by Crippen LogP contribution is -2.25. The number of esters is 1. The van der Waals surface area contributed by atoms with Gasteiger partial charge in [0.15, 0.2) is 6.10 Å². The van der Waals surface area contributed by atoms with E-state index < -0.39 is 12.1 Å². The Kier molecular flexibility index (Phi) is 5.31. The van der Waals surface area contributed by atoms with Crippen LogP contribution in [0.15, 0.2) is 54.6 Å². The number of ketones is 1. The monoisotopic (exact) mass is 298 g/mol. The van der Waals surface area contributed by atoms with Gasteiger partial charge < -0.3 is 9.47 Å². The first kappa shape index (κ1) is 15.8. The summed E-state index contributed by atoms with van der Waals surface area (Å²) in [6, 6.07) is 16.0. The van der Waals surface area contributed by atoms with E-state index in [0.717, 1.165) is 5.56 Å². The van der Waals surface area contributed by atoms with Gasteiger partial charge in [-0.25, -0.2) is 0 Å². The van der Waals surface area contributed by atoms with Crippen molar-refractivity contribution < 1.29 is 19.1 Å². The van der Waals surface area contributed by atoms with Crippen LogP contribution in [0.5, 0.6) is 5.75 Å². The molecule has 2 aromatic carbocycles. The third-order valence-corrected chi connectivity index (χ3v) is 3.24. The number of ether oxygens (including phenoxy) is 2. The summed E-state index contributed by atoms with van der Waals surface area (Å²) in [5.41, 5.74) is 1.34. The Morgan fingerprint density at radius 1 is 1.00 bits per heavy atom. The van der Waals surface area contributed by atoms with E-state index in [4.69, 9.17) is 9.47 Å². The molecule has 0 aliphatic rings. The second-order valence-electron chi connectivity index (χ2n) is 4.89. The molecule has 0 bridgehead atoms. The van der Waals surface area contributed by atoms with Crippen LogP contribution in [0.4, 0.5) is 0 Å². The van der Waals surface area contributed by atoms with E-state index in [0.29, 0.717) is 11.3 Å². The Morgan fingerprint density at radius 3 is 2.23 bits per heavy atom. The first-order valence-electron chi connectivity index (χ1n) is 7.02. The number of benzene rings is 2. The Hall–Kier alpha value is -2.62. The van der Waals surface area contributed by atoms with E-state index in [1.54, 1.807) is 38.3 Å². The minimum atomic E-state index is -0.815. The summed E-state index contributed by atoms with van der Waals surface area (Å²) in [4.78, 5) is 24.1. The summed E-state index contributed by atoms with van der Waals surface area (Å²) in [7, 11) is 1.56. The zero-order chi connectivity index (χ0) is 15.9. The van der Waals surface area contributed by atoms with E-state index >= 15 is 0 Å². The number of carbonyl (C=O) groups is 2. The predicted molar refractivity (Wildman–Crippen MR) is 83.0 cm³/mol. The SMILES string of the molecule is COc1ccc(C(=O)C(C)OC(=O)Cc2ccccc2)cc1. The smallest absolute Gasteiger partial charge is 0.310 e. The van der Waals surface area contributed by atoms with Crippen LogP contribution >= 0.6 is 0 Å². The van der Waals surface area contributed by atoms with Gasteiger partial charge in [0, 0.05) is 5.56 Å². The Bertz CT molecular complexity index is 632. The van der Waals surface area contributed by atoms with Crippen molar-refractivity contribution in [3.05, 3.63) is 65.7 Å². The molecule has 0 aliphatic heterocycles. The summed E-state index contributed by atoms with van der Waals surface area (Å²) < 4.78 is 10.3. The van der Waals surface area contributed by atoms with Crippen LogP contribution in [0.2, 0.25) is 0 Å². The molecule has 114 valence electrons. The van der Waals surface area contributed by atoms with Crippen LogP contribution in [0.25, 0.3) is 0 Å². The van der Waals surface area contributed by atoms with Crippen LogP contribution in [-0.2, 0) is 16.0 Å². The number of carbonyl (C=O) groups excluding carboxylic acids is 2. The Balaban J connectivity index is 1.94. The fourth-order valence-electron chi connectivity index (χ4n) is 2.04. The van der Waals surface area contributed by atoms with Gasteiger partial charge in [-0.2, -0.15) is 0 Å². The van der Waals surface area contributed by atoms with E-state index in [-0.39, 0.29) is 12.2 Å². The molecule has 0 amide bonds. The maximum absolute atomic E-state index is 12.2. The number of methoxy groups -OCH3 is 1. The molecule has 1 unspecified atom stereocenters. The standard InChI is InChI=1S/C18H18O4/c1-13(18(20)15-8-10-16(21-2)11-9-15)22-17(19)12-14-6-4-3-5-7-14/h3-11,13H,12H2,1-2H3. The first-order chi connectivity index (χ1) is 10.6. The number of rotatable bonds is 6. The molecule has 1 atom stereocenters. The van der Waals surface area contributed by atoms with Crippen molar-refractivity contribution >= 4 is 11.8 Å². The lowest BCUT2D eigenvalue weighted by molar-refractivity contribution is -0.145. The van der Waals surface area contributed by atoms with Crippen molar-refractivity contribution in [2.75, 3.05) is 7.11 Å². The summed E-state index contributed by atoms with van der Waals surface area (Å²) >= 11 is 0. The first-order valence-corrected chi connectivity index (χ1v) is 7.02. The van der Waals surface area contributed by atoms with Crippen LogP contribution in [0.3, 0.4) is 0 Å². The molecular formula is C18H18O4. The molecule has 0 heterocycles. The van der Waals surface area contributed by atoms with Gasteiger partial charge in [0.25, 0.3) is 0 Å². The average molecular weight is 298 g/mol. The highest BCUT2D eigenvalue weighted by Crippen LogP contribution is 2.14. The molecule has 2 rings (SSSR count). The van der Waals surface area contributed by atoms with E-state index in [1.807, 2.05) is 30.3 Å². The highest BCUT2D eigenvalue weighted by atomic mass is 16.5. The van der Waals surface area contributed by atoms with Gasteiger partial charge in [-0.05, 0) is 36.8 Å². The third kappa shape index (κ3) is 4.19. The van der Waals surface area contributed by atoms with Gasteiger partial charge in [0.1, 0.15) is 5.75 Å². The molecule has 0 aromatic heterocycles. The molecular weight excluding hydrogens is 280 g/mol. The minimum Gasteiger partial charge on any atom is -0.497 e. The third-order valence-electron chi connectivity index (χ3n) is 3.24. The predicted octanol–water partition coefficient (Wildman–Crippen LogP) is 3.05. The normalized spacial score (nSPS) is 11.5. The fraction of sp³-hybridized carbons (Fsp3) is 0.222. The van der Waals surface area contributed by atoms with E-state index in [2.05, 4.69) is 0 Å². The Morgan fingerprint density at radius 2 is 1.64 bits per heavy atom. The molecule has 0 spiro atoms. The van der Waals surface area contributed by atoms with Crippen LogP contribution in [0.1, 0.15) is 22.8 Å². The average Bonchev–Trinajstić information content (AvgIpc) is 2.55. The molecule has 4 nitrogen and oxygen atoms in total. The van der Waals surface area contributed by atoms with Crippen LogP contribution in [-0.4, -0.2) is 25.0 Å². The lowest BCUT2D eigenvalue weighted by atomic mass is 10.1. The maximum Gasteiger partial charge on any atom is 0.310 e. The number of hydrogen-bond acceptors (Lipinski definition) is 4. The maximum atomic E-state index is 12.2. The second kappa shape index (κ2) is 7.41. The molecule has 4 heteroatoms. The molecule has 0 radical (unpaired) electrons. The lowest BCUT2D eigenvalue weighted by Gasteiger charge is -2.12. The van der Waals surface area contributed by atoms with Crippen molar-refractivity contribution in [1.82, 2.24) is 0 Å². The van der Waals surface area contributed by atoms with Gasteiger partial charge >= 0.3 is 5.97 Å². The van der Waals surface area contributed by atoms with Crippen molar-refractivity contribution in [2.45, 2.75) is 19.4 Å². The summed E-state index contributed by atoms with van der Waals surface area (Å²) in [6.07, 6.45) is -0.661. The molecule has 0 saturated heterocycles. The van der Waals surface area contributed by atoms with Crippen molar-refractivity contribution in [2.24, 2.45) is 0 Å². The van der Waals surface area contributed by atoms with E-state index in [9.17, 15) is 9.59 Å². The van der Waals surface area contributed by atoms with Crippen LogP contribution < -0.4 is 4.74 Å². The zero-order valence-electron chi connectivity index (χ0n) is 12.6. The Labute approximate surface area is 129 Å². The van der Waals surface area contributed by atoms with Crippen molar-refractivity contribution in [3.8, 4) is 5.75 Å². The molecule has 22 heavy (non-hydrogen) atoms. The van der Waals surface area contributed by atoms with Gasteiger partial charge in [0.2, 0.25) is 5.78 Å². The number of Topliss-reactive ketones (excluding diaryl/α,β-unsaturated/α-hetero) is 1. The zero-order valence-corrected chi connectivity index (χ0v) is 12.6.